The Kier molecular flexibility index (Phi) is 6.03. The zero-order valence-electron chi connectivity index (χ0n) is 13.5. The topological polar surface area (TPSA) is 55.4 Å². The van der Waals surface area contributed by atoms with Crippen molar-refractivity contribution in [2.75, 3.05) is 0 Å². The highest BCUT2D eigenvalue weighted by atomic mass is 16.6. The molecule has 4 heteroatoms. The third kappa shape index (κ3) is 5.93. The van der Waals surface area contributed by atoms with Crippen LogP contribution in [0.25, 0.3) is 0 Å². The van der Waals surface area contributed by atoms with E-state index in [0.717, 1.165) is 12.8 Å². The van der Waals surface area contributed by atoms with Crippen molar-refractivity contribution in [3.8, 4) is 0 Å². The lowest BCUT2D eigenvalue weighted by Crippen LogP contribution is -2.47. The summed E-state index contributed by atoms with van der Waals surface area (Å²) in [6.45, 7) is 9.35. The van der Waals surface area contributed by atoms with Crippen LogP contribution in [0.5, 0.6) is 0 Å². The van der Waals surface area contributed by atoms with E-state index in [4.69, 9.17) is 4.74 Å². The van der Waals surface area contributed by atoms with E-state index >= 15 is 0 Å². The summed E-state index contributed by atoms with van der Waals surface area (Å²) in [5.41, 5.74) is -0.527. The molecule has 4 nitrogen and oxygen atoms in total. The highest BCUT2D eigenvalue weighted by Gasteiger charge is 2.30. The molecule has 1 atom stereocenters. The lowest BCUT2D eigenvalue weighted by atomic mass is 10.0. The van der Waals surface area contributed by atoms with Gasteiger partial charge < -0.3 is 10.1 Å². The van der Waals surface area contributed by atoms with Crippen LogP contribution in [0, 0.1) is 11.8 Å². The summed E-state index contributed by atoms with van der Waals surface area (Å²) in [5, 5.41) is 2.85. The molecule has 1 aliphatic carbocycles. The summed E-state index contributed by atoms with van der Waals surface area (Å²) in [6.07, 6.45) is 5.24. The van der Waals surface area contributed by atoms with Crippen molar-refractivity contribution in [1.29, 1.82) is 0 Å². The van der Waals surface area contributed by atoms with Crippen LogP contribution in [0.15, 0.2) is 0 Å². The SMILES string of the molecule is CC(C)[C@@H](NC(=O)CC1CCCC1)C(=O)OC(C)(C)C. The normalized spacial score (nSPS) is 18.1. The zero-order valence-corrected chi connectivity index (χ0v) is 13.5. The van der Waals surface area contributed by atoms with Crippen molar-refractivity contribution in [2.45, 2.75) is 78.4 Å². The van der Waals surface area contributed by atoms with Gasteiger partial charge in [-0.2, -0.15) is 0 Å². The number of carbonyl (C=O) groups excluding carboxylic acids is 2. The van der Waals surface area contributed by atoms with Crippen LogP contribution in [0.4, 0.5) is 0 Å². The summed E-state index contributed by atoms with van der Waals surface area (Å²) < 4.78 is 5.38. The standard InChI is InChI=1S/C16H29NO3/c1-11(2)14(15(19)20-16(3,4)5)17-13(18)10-12-8-6-7-9-12/h11-12,14H,6-10H2,1-5H3,(H,17,18)/t14-/m1/s1. The molecule has 0 aromatic heterocycles. The highest BCUT2D eigenvalue weighted by Crippen LogP contribution is 2.27. The molecule has 0 spiro atoms. The Morgan fingerprint density at radius 3 is 2.20 bits per heavy atom. The van der Waals surface area contributed by atoms with Crippen molar-refractivity contribution in [3.63, 3.8) is 0 Å². The van der Waals surface area contributed by atoms with Gasteiger partial charge in [-0.1, -0.05) is 26.7 Å². The highest BCUT2D eigenvalue weighted by molar-refractivity contribution is 5.84. The van der Waals surface area contributed by atoms with Gasteiger partial charge in [-0.25, -0.2) is 4.79 Å². The summed E-state index contributed by atoms with van der Waals surface area (Å²) in [4.78, 5) is 24.2. The molecule has 1 fully saturated rings. The van der Waals surface area contributed by atoms with Crippen molar-refractivity contribution < 1.29 is 14.3 Å². The molecule has 1 amide bonds. The molecule has 0 unspecified atom stereocenters. The molecule has 1 rings (SSSR count). The first-order valence-electron chi connectivity index (χ1n) is 7.71. The lowest BCUT2D eigenvalue weighted by molar-refractivity contribution is -0.160. The molecule has 0 aromatic rings. The number of hydrogen-bond donors (Lipinski definition) is 1. The maximum absolute atomic E-state index is 12.1. The summed E-state index contributed by atoms with van der Waals surface area (Å²) in [6, 6.07) is -0.553. The second kappa shape index (κ2) is 7.09. The van der Waals surface area contributed by atoms with Gasteiger partial charge in [0.15, 0.2) is 0 Å². The van der Waals surface area contributed by atoms with E-state index in [2.05, 4.69) is 5.32 Å². The van der Waals surface area contributed by atoms with Crippen molar-refractivity contribution >= 4 is 11.9 Å². The van der Waals surface area contributed by atoms with Crippen LogP contribution in [0.2, 0.25) is 0 Å². The average molecular weight is 283 g/mol. The van der Waals surface area contributed by atoms with E-state index in [1.807, 2.05) is 34.6 Å². The lowest BCUT2D eigenvalue weighted by Gasteiger charge is -2.26. The zero-order chi connectivity index (χ0) is 15.3. The number of rotatable bonds is 5. The van der Waals surface area contributed by atoms with Crippen LogP contribution < -0.4 is 5.32 Å². The molecule has 0 bridgehead atoms. The predicted molar refractivity (Wildman–Crippen MR) is 79.2 cm³/mol. The second-order valence-corrected chi connectivity index (χ2v) is 7.18. The molecular weight excluding hydrogens is 254 g/mol. The third-order valence-corrected chi connectivity index (χ3v) is 3.59. The van der Waals surface area contributed by atoms with E-state index in [-0.39, 0.29) is 17.8 Å². The molecule has 20 heavy (non-hydrogen) atoms. The van der Waals surface area contributed by atoms with Crippen LogP contribution in [0.1, 0.15) is 66.7 Å². The number of nitrogens with one attached hydrogen (secondary N) is 1. The Balaban J connectivity index is 2.53. The quantitative estimate of drug-likeness (QED) is 0.789. The van der Waals surface area contributed by atoms with E-state index < -0.39 is 11.6 Å². The summed E-state index contributed by atoms with van der Waals surface area (Å²) in [7, 11) is 0. The van der Waals surface area contributed by atoms with E-state index in [1.165, 1.54) is 12.8 Å². The Morgan fingerprint density at radius 1 is 1.20 bits per heavy atom. The van der Waals surface area contributed by atoms with Crippen LogP contribution in [0.3, 0.4) is 0 Å². The number of hydrogen-bond acceptors (Lipinski definition) is 3. The second-order valence-electron chi connectivity index (χ2n) is 7.18. The van der Waals surface area contributed by atoms with Crippen LogP contribution >= 0.6 is 0 Å². The van der Waals surface area contributed by atoms with Gasteiger partial charge in [0.2, 0.25) is 5.91 Å². The van der Waals surface area contributed by atoms with Gasteiger partial charge in [0, 0.05) is 6.42 Å². The van der Waals surface area contributed by atoms with Crippen molar-refractivity contribution in [3.05, 3.63) is 0 Å². The molecule has 1 N–H and O–H groups in total. The van der Waals surface area contributed by atoms with E-state index in [0.29, 0.717) is 12.3 Å². The van der Waals surface area contributed by atoms with Gasteiger partial charge in [0.05, 0.1) is 0 Å². The van der Waals surface area contributed by atoms with E-state index in [9.17, 15) is 9.59 Å². The van der Waals surface area contributed by atoms with Gasteiger partial charge in [-0.05, 0) is 45.4 Å². The predicted octanol–water partition coefficient (Wildman–Crippen LogP) is 3.05. The molecule has 0 heterocycles. The van der Waals surface area contributed by atoms with Gasteiger partial charge in [0.1, 0.15) is 11.6 Å². The molecule has 0 aliphatic heterocycles. The Labute approximate surface area is 122 Å². The fourth-order valence-corrected chi connectivity index (χ4v) is 2.57. The molecule has 116 valence electrons. The Bertz CT molecular complexity index is 338. The minimum atomic E-state index is -0.553. The minimum absolute atomic E-state index is 0.0254. The summed E-state index contributed by atoms with van der Waals surface area (Å²) in [5.74, 6) is 0.146. The number of ether oxygens (including phenoxy) is 1. The fourth-order valence-electron chi connectivity index (χ4n) is 2.57. The molecule has 1 saturated carbocycles. The van der Waals surface area contributed by atoms with Crippen molar-refractivity contribution in [1.82, 2.24) is 5.32 Å². The third-order valence-electron chi connectivity index (χ3n) is 3.59. The molecular formula is C16H29NO3. The maximum atomic E-state index is 12.1. The smallest absolute Gasteiger partial charge is 0.329 e. The van der Waals surface area contributed by atoms with Gasteiger partial charge in [0.25, 0.3) is 0 Å². The van der Waals surface area contributed by atoms with Gasteiger partial charge in [-0.15, -0.1) is 0 Å². The first-order valence-corrected chi connectivity index (χ1v) is 7.71. The number of esters is 1. The van der Waals surface area contributed by atoms with Gasteiger partial charge >= 0.3 is 5.97 Å². The Hall–Kier alpha value is -1.06. The monoisotopic (exact) mass is 283 g/mol. The first-order chi connectivity index (χ1) is 9.19. The van der Waals surface area contributed by atoms with E-state index in [1.54, 1.807) is 0 Å². The minimum Gasteiger partial charge on any atom is -0.458 e. The first kappa shape index (κ1) is 17.0. The fraction of sp³-hybridized carbons (Fsp3) is 0.875. The van der Waals surface area contributed by atoms with Gasteiger partial charge in [-0.3, -0.25) is 4.79 Å². The van der Waals surface area contributed by atoms with Crippen molar-refractivity contribution in [2.24, 2.45) is 11.8 Å². The Morgan fingerprint density at radius 2 is 1.75 bits per heavy atom. The average Bonchev–Trinajstić information content (AvgIpc) is 2.75. The molecule has 1 aliphatic rings. The largest absolute Gasteiger partial charge is 0.458 e. The molecule has 0 saturated heterocycles. The maximum Gasteiger partial charge on any atom is 0.329 e. The molecule has 0 aromatic carbocycles. The summed E-state index contributed by atoms with van der Waals surface area (Å²) >= 11 is 0. The molecule has 0 radical (unpaired) electrons. The van der Waals surface area contributed by atoms with Crippen LogP contribution in [-0.2, 0) is 14.3 Å². The number of amides is 1. The van der Waals surface area contributed by atoms with Crippen LogP contribution in [-0.4, -0.2) is 23.5 Å². The number of carbonyl (C=O) groups is 2.